The molecule has 2 nitrogen and oxygen atoms in total. The van der Waals surface area contributed by atoms with Crippen molar-refractivity contribution in [2.75, 3.05) is 0 Å². The minimum atomic E-state index is 0.645. The standard InChI is InChI=1S/C11H18N2S/c1-8(5-10-3-4-10)12-6-11-13-9(2)7-14-11/h7-8,10,12H,3-6H2,1-2H3. The fourth-order valence-electron chi connectivity index (χ4n) is 1.68. The molecule has 0 aliphatic heterocycles. The first-order valence-electron chi connectivity index (χ1n) is 5.38. The van der Waals surface area contributed by atoms with E-state index in [1.165, 1.54) is 24.3 Å². The molecule has 3 heteroatoms. The van der Waals surface area contributed by atoms with Gasteiger partial charge in [0, 0.05) is 23.7 Å². The highest BCUT2D eigenvalue weighted by molar-refractivity contribution is 7.09. The molecule has 78 valence electrons. The molecule has 1 N–H and O–H groups in total. The van der Waals surface area contributed by atoms with Gasteiger partial charge in [0.05, 0.1) is 0 Å². The molecule has 1 atom stereocenters. The molecule has 0 aromatic carbocycles. The molecule has 0 saturated heterocycles. The van der Waals surface area contributed by atoms with Crippen molar-refractivity contribution in [2.45, 2.75) is 45.7 Å². The molecule has 1 saturated carbocycles. The van der Waals surface area contributed by atoms with Gasteiger partial charge in [-0.15, -0.1) is 11.3 Å². The fraction of sp³-hybridized carbons (Fsp3) is 0.727. The minimum Gasteiger partial charge on any atom is -0.308 e. The van der Waals surface area contributed by atoms with Crippen LogP contribution in [0.25, 0.3) is 0 Å². The summed E-state index contributed by atoms with van der Waals surface area (Å²) in [6.07, 6.45) is 4.23. The van der Waals surface area contributed by atoms with Gasteiger partial charge < -0.3 is 5.32 Å². The molecule has 0 bridgehead atoms. The number of aryl methyl sites for hydroxylation is 1. The number of nitrogens with one attached hydrogen (secondary N) is 1. The van der Waals surface area contributed by atoms with Crippen molar-refractivity contribution in [3.63, 3.8) is 0 Å². The Morgan fingerprint density at radius 3 is 3.00 bits per heavy atom. The zero-order chi connectivity index (χ0) is 9.97. The number of aromatic nitrogens is 1. The molecular weight excluding hydrogens is 192 g/mol. The number of rotatable bonds is 5. The zero-order valence-corrected chi connectivity index (χ0v) is 9.73. The summed E-state index contributed by atoms with van der Waals surface area (Å²) in [5.74, 6) is 1.01. The van der Waals surface area contributed by atoms with Crippen molar-refractivity contribution in [2.24, 2.45) is 5.92 Å². The first-order valence-corrected chi connectivity index (χ1v) is 6.26. The Morgan fingerprint density at radius 1 is 1.64 bits per heavy atom. The summed E-state index contributed by atoms with van der Waals surface area (Å²) in [5, 5.41) is 6.86. The van der Waals surface area contributed by atoms with Crippen LogP contribution < -0.4 is 5.32 Å². The topological polar surface area (TPSA) is 24.9 Å². The number of thiazole rings is 1. The largest absolute Gasteiger partial charge is 0.308 e. The second-order valence-corrected chi connectivity index (χ2v) is 5.29. The van der Waals surface area contributed by atoms with Crippen LogP contribution in [-0.4, -0.2) is 11.0 Å². The van der Waals surface area contributed by atoms with E-state index in [4.69, 9.17) is 0 Å². The molecule has 14 heavy (non-hydrogen) atoms. The molecule has 2 rings (SSSR count). The maximum Gasteiger partial charge on any atom is 0.107 e. The molecular formula is C11H18N2S. The predicted octanol–water partition coefficient (Wildman–Crippen LogP) is 2.73. The lowest BCUT2D eigenvalue weighted by Gasteiger charge is -2.11. The van der Waals surface area contributed by atoms with Gasteiger partial charge in [0.1, 0.15) is 5.01 Å². The smallest absolute Gasteiger partial charge is 0.107 e. The number of hydrogen-bond acceptors (Lipinski definition) is 3. The lowest BCUT2D eigenvalue weighted by Crippen LogP contribution is -2.25. The third-order valence-corrected chi connectivity index (χ3v) is 3.62. The average Bonchev–Trinajstić information content (AvgIpc) is 2.85. The molecule has 0 amide bonds. The van der Waals surface area contributed by atoms with Crippen molar-refractivity contribution in [1.82, 2.24) is 10.3 Å². The maximum absolute atomic E-state index is 4.43. The third-order valence-electron chi connectivity index (χ3n) is 2.65. The molecule has 1 fully saturated rings. The minimum absolute atomic E-state index is 0.645. The third kappa shape index (κ3) is 3.07. The number of hydrogen-bond donors (Lipinski definition) is 1. The van der Waals surface area contributed by atoms with Crippen molar-refractivity contribution >= 4 is 11.3 Å². The van der Waals surface area contributed by atoms with E-state index in [0.29, 0.717) is 6.04 Å². The molecule has 1 heterocycles. The second-order valence-electron chi connectivity index (χ2n) is 4.34. The molecule has 1 aliphatic carbocycles. The van der Waals surface area contributed by atoms with Gasteiger partial charge in [-0.05, 0) is 26.2 Å². The Balaban J connectivity index is 1.70. The van der Waals surface area contributed by atoms with Crippen LogP contribution in [0.4, 0.5) is 0 Å². The van der Waals surface area contributed by atoms with Gasteiger partial charge >= 0.3 is 0 Å². The summed E-state index contributed by atoms with van der Waals surface area (Å²) in [5.41, 5.74) is 1.14. The Bertz CT molecular complexity index is 291. The van der Waals surface area contributed by atoms with Crippen molar-refractivity contribution in [1.29, 1.82) is 0 Å². The average molecular weight is 210 g/mol. The van der Waals surface area contributed by atoms with Gasteiger partial charge in [-0.1, -0.05) is 12.8 Å². The zero-order valence-electron chi connectivity index (χ0n) is 8.92. The van der Waals surface area contributed by atoms with Crippen LogP contribution in [-0.2, 0) is 6.54 Å². The summed E-state index contributed by atoms with van der Waals surface area (Å²) >= 11 is 1.75. The van der Waals surface area contributed by atoms with E-state index >= 15 is 0 Å². The Labute approximate surface area is 89.8 Å². The van der Waals surface area contributed by atoms with E-state index in [0.717, 1.165) is 18.2 Å². The highest BCUT2D eigenvalue weighted by Crippen LogP contribution is 2.33. The van der Waals surface area contributed by atoms with Crippen LogP contribution in [0.1, 0.15) is 36.9 Å². The highest BCUT2D eigenvalue weighted by atomic mass is 32.1. The molecule has 0 spiro atoms. The first-order chi connectivity index (χ1) is 6.74. The van der Waals surface area contributed by atoms with Gasteiger partial charge in [0.2, 0.25) is 0 Å². The fourth-order valence-corrected chi connectivity index (χ4v) is 2.40. The molecule has 0 radical (unpaired) electrons. The summed E-state index contributed by atoms with van der Waals surface area (Å²) in [7, 11) is 0. The van der Waals surface area contributed by atoms with Gasteiger partial charge in [-0.3, -0.25) is 0 Å². The van der Waals surface area contributed by atoms with Gasteiger partial charge in [0.15, 0.2) is 0 Å². The summed E-state index contributed by atoms with van der Waals surface area (Å²) in [6, 6.07) is 0.645. The lowest BCUT2D eigenvalue weighted by atomic mass is 10.1. The normalized spacial score (nSPS) is 18.4. The SMILES string of the molecule is Cc1csc(CNC(C)CC2CC2)n1. The van der Waals surface area contributed by atoms with E-state index in [2.05, 4.69) is 22.6 Å². The van der Waals surface area contributed by atoms with Crippen molar-refractivity contribution in [3.05, 3.63) is 16.1 Å². The van der Waals surface area contributed by atoms with Crippen LogP contribution in [0.15, 0.2) is 5.38 Å². The van der Waals surface area contributed by atoms with Crippen molar-refractivity contribution in [3.8, 4) is 0 Å². The molecule has 1 unspecified atom stereocenters. The van der Waals surface area contributed by atoms with Crippen LogP contribution in [0, 0.1) is 12.8 Å². The van der Waals surface area contributed by atoms with Gasteiger partial charge in [0.25, 0.3) is 0 Å². The Hall–Kier alpha value is -0.410. The van der Waals surface area contributed by atoms with E-state index < -0.39 is 0 Å². The van der Waals surface area contributed by atoms with E-state index in [-0.39, 0.29) is 0 Å². The first kappa shape index (κ1) is 10.1. The lowest BCUT2D eigenvalue weighted by molar-refractivity contribution is 0.487. The van der Waals surface area contributed by atoms with E-state index in [1.54, 1.807) is 11.3 Å². The predicted molar refractivity (Wildman–Crippen MR) is 60.5 cm³/mol. The summed E-state index contributed by atoms with van der Waals surface area (Å²) in [6.45, 7) is 5.26. The van der Waals surface area contributed by atoms with Crippen LogP contribution in [0.3, 0.4) is 0 Å². The Morgan fingerprint density at radius 2 is 2.43 bits per heavy atom. The summed E-state index contributed by atoms with van der Waals surface area (Å²) in [4.78, 5) is 4.43. The monoisotopic (exact) mass is 210 g/mol. The van der Waals surface area contributed by atoms with Crippen LogP contribution in [0.5, 0.6) is 0 Å². The molecule has 1 aromatic rings. The van der Waals surface area contributed by atoms with Crippen LogP contribution in [0.2, 0.25) is 0 Å². The molecule has 1 aromatic heterocycles. The van der Waals surface area contributed by atoms with Crippen LogP contribution >= 0.6 is 11.3 Å². The van der Waals surface area contributed by atoms with Crippen molar-refractivity contribution < 1.29 is 0 Å². The summed E-state index contributed by atoms with van der Waals surface area (Å²) < 4.78 is 0. The maximum atomic E-state index is 4.43. The van der Waals surface area contributed by atoms with E-state index in [9.17, 15) is 0 Å². The molecule has 1 aliphatic rings. The Kier molecular flexibility index (Phi) is 3.19. The highest BCUT2D eigenvalue weighted by Gasteiger charge is 2.23. The van der Waals surface area contributed by atoms with E-state index in [1.807, 2.05) is 6.92 Å². The second kappa shape index (κ2) is 4.41. The van der Waals surface area contributed by atoms with Gasteiger partial charge in [-0.25, -0.2) is 4.98 Å². The van der Waals surface area contributed by atoms with Gasteiger partial charge in [-0.2, -0.15) is 0 Å². The quantitative estimate of drug-likeness (QED) is 0.808. The number of nitrogens with zero attached hydrogens (tertiary/aromatic N) is 1.